The van der Waals surface area contributed by atoms with Crippen molar-refractivity contribution in [3.8, 4) is 5.75 Å². The Kier molecular flexibility index (Phi) is 6.22. The van der Waals surface area contributed by atoms with E-state index < -0.39 is 0 Å². The van der Waals surface area contributed by atoms with Crippen LogP contribution in [0, 0.1) is 13.8 Å². The fourth-order valence-electron chi connectivity index (χ4n) is 2.43. The number of ether oxygens (including phenoxy) is 1. The molecule has 0 bridgehead atoms. The van der Waals surface area contributed by atoms with E-state index >= 15 is 0 Å². The lowest BCUT2D eigenvalue weighted by molar-refractivity contribution is 0.323. The summed E-state index contributed by atoms with van der Waals surface area (Å²) in [7, 11) is 1.95. The molecular formula is C18H24ClN3O. The van der Waals surface area contributed by atoms with Crippen molar-refractivity contribution in [2.24, 2.45) is 0 Å². The van der Waals surface area contributed by atoms with E-state index in [9.17, 15) is 0 Å². The third-order valence-corrected chi connectivity index (χ3v) is 4.21. The van der Waals surface area contributed by atoms with Crippen LogP contribution in [0.2, 0.25) is 5.02 Å². The maximum absolute atomic E-state index is 6.25. The van der Waals surface area contributed by atoms with Crippen LogP contribution in [0.1, 0.15) is 30.2 Å². The predicted molar refractivity (Wildman–Crippen MR) is 95.7 cm³/mol. The average Bonchev–Trinajstić information content (AvgIpc) is 2.52. The standard InChI is InChI=1S/C18H24ClN3O/c1-5-6-15-7-8-16(13(2)11-15)23-10-9-22(4)18-17(19)14(3)20-12-21-18/h7-8,11-12H,5-6,9-10H2,1-4H3. The Morgan fingerprint density at radius 1 is 1.22 bits per heavy atom. The number of benzene rings is 1. The van der Waals surface area contributed by atoms with Gasteiger partial charge in [-0.1, -0.05) is 37.1 Å². The monoisotopic (exact) mass is 333 g/mol. The molecule has 1 heterocycles. The topological polar surface area (TPSA) is 38.2 Å². The van der Waals surface area contributed by atoms with Gasteiger partial charge in [0.15, 0.2) is 5.82 Å². The summed E-state index contributed by atoms with van der Waals surface area (Å²) in [4.78, 5) is 10.3. The molecule has 0 amide bonds. The van der Waals surface area contributed by atoms with Gasteiger partial charge in [0.25, 0.3) is 0 Å². The minimum Gasteiger partial charge on any atom is -0.491 e. The highest BCUT2D eigenvalue weighted by Crippen LogP contribution is 2.24. The molecule has 0 saturated carbocycles. The van der Waals surface area contributed by atoms with Crippen molar-refractivity contribution < 1.29 is 4.74 Å². The second-order valence-corrected chi connectivity index (χ2v) is 6.09. The number of halogens is 1. The maximum atomic E-state index is 6.25. The van der Waals surface area contributed by atoms with E-state index in [1.165, 1.54) is 17.5 Å². The Morgan fingerprint density at radius 3 is 2.70 bits per heavy atom. The molecule has 1 aromatic heterocycles. The lowest BCUT2D eigenvalue weighted by Gasteiger charge is -2.20. The number of anilines is 1. The molecule has 1 aromatic carbocycles. The zero-order valence-electron chi connectivity index (χ0n) is 14.3. The molecule has 4 nitrogen and oxygen atoms in total. The van der Waals surface area contributed by atoms with Gasteiger partial charge in [0.2, 0.25) is 0 Å². The molecule has 0 spiro atoms. The summed E-state index contributed by atoms with van der Waals surface area (Å²) in [5.41, 5.74) is 3.32. The molecular weight excluding hydrogens is 310 g/mol. The number of hydrogen-bond acceptors (Lipinski definition) is 4. The van der Waals surface area contributed by atoms with Crippen molar-refractivity contribution in [3.05, 3.63) is 46.4 Å². The normalized spacial score (nSPS) is 10.7. The average molecular weight is 334 g/mol. The summed E-state index contributed by atoms with van der Waals surface area (Å²) >= 11 is 6.25. The molecule has 2 rings (SSSR count). The lowest BCUT2D eigenvalue weighted by atomic mass is 10.1. The third kappa shape index (κ3) is 4.58. The van der Waals surface area contributed by atoms with Crippen LogP contribution >= 0.6 is 11.6 Å². The summed E-state index contributed by atoms with van der Waals surface area (Å²) in [5.74, 6) is 1.67. The second-order valence-electron chi connectivity index (χ2n) is 5.72. The fourth-order valence-corrected chi connectivity index (χ4v) is 2.67. The first-order valence-electron chi connectivity index (χ1n) is 7.93. The Morgan fingerprint density at radius 2 is 2.00 bits per heavy atom. The number of likely N-dealkylation sites (N-methyl/N-ethyl adjacent to an activating group) is 1. The summed E-state index contributed by atoms with van der Waals surface area (Å²) < 4.78 is 5.90. The largest absolute Gasteiger partial charge is 0.491 e. The van der Waals surface area contributed by atoms with E-state index in [1.54, 1.807) is 0 Å². The summed E-state index contributed by atoms with van der Waals surface area (Å²) in [5, 5.41) is 0.593. The van der Waals surface area contributed by atoms with Crippen LogP contribution in [-0.2, 0) is 6.42 Å². The van der Waals surface area contributed by atoms with Crippen LogP contribution in [0.15, 0.2) is 24.5 Å². The van der Waals surface area contributed by atoms with Crippen molar-refractivity contribution >= 4 is 17.4 Å². The summed E-state index contributed by atoms with van der Waals surface area (Å²) in [6.45, 7) is 7.42. The van der Waals surface area contributed by atoms with E-state index in [4.69, 9.17) is 16.3 Å². The maximum Gasteiger partial charge on any atom is 0.150 e. The number of nitrogens with zero attached hydrogens (tertiary/aromatic N) is 3. The molecule has 0 radical (unpaired) electrons. The molecule has 0 saturated heterocycles. The van der Waals surface area contributed by atoms with Gasteiger partial charge in [0.1, 0.15) is 23.7 Å². The van der Waals surface area contributed by atoms with Crippen LogP contribution in [0.5, 0.6) is 5.75 Å². The molecule has 0 aliphatic heterocycles. The van der Waals surface area contributed by atoms with Crippen molar-refractivity contribution in [3.63, 3.8) is 0 Å². The van der Waals surface area contributed by atoms with Gasteiger partial charge >= 0.3 is 0 Å². The van der Waals surface area contributed by atoms with Gasteiger partial charge in [-0.15, -0.1) is 0 Å². The first-order valence-corrected chi connectivity index (χ1v) is 8.31. The Bertz CT molecular complexity index is 661. The van der Waals surface area contributed by atoms with Crippen molar-refractivity contribution in [1.82, 2.24) is 9.97 Å². The van der Waals surface area contributed by atoms with Crippen molar-refractivity contribution in [2.45, 2.75) is 33.6 Å². The highest BCUT2D eigenvalue weighted by Gasteiger charge is 2.10. The van der Waals surface area contributed by atoms with Crippen LogP contribution in [-0.4, -0.2) is 30.2 Å². The highest BCUT2D eigenvalue weighted by atomic mass is 35.5. The van der Waals surface area contributed by atoms with Gasteiger partial charge in [-0.3, -0.25) is 0 Å². The molecule has 0 aliphatic rings. The quantitative estimate of drug-likeness (QED) is 0.760. The Balaban J connectivity index is 1.93. The number of hydrogen-bond donors (Lipinski definition) is 0. The zero-order chi connectivity index (χ0) is 16.8. The van der Waals surface area contributed by atoms with Gasteiger partial charge in [-0.2, -0.15) is 0 Å². The fraction of sp³-hybridized carbons (Fsp3) is 0.444. The zero-order valence-corrected chi connectivity index (χ0v) is 15.0. The first-order chi connectivity index (χ1) is 11.0. The summed E-state index contributed by atoms with van der Waals surface area (Å²) in [6.07, 6.45) is 3.80. The first kappa shape index (κ1) is 17.5. The van der Waals surface area contributed by atoms with Crippen molar-refractivity contribution in [2.75, 3.05) is 25.1 Å². The number of aromatic nitrogens is 2. The Labute approximate surface area is 143 Å². The van der Waals surface area contributed by atoms with E-state index in [-0.39, 0.29) is 0 Å². The molecule has 0 unspecified atom stereocenters. The molecule has 124 valence electrons. The SMILES string of the molecule is CCCc1ccc(OCCN(C)c2ncnc(C)c2Cl)c(C)c1. The van der Waals surface area contributed by atoms with E-state index in [2.05, 4.69) is 42.0 Å². The van der Waals surface area contributed by atoms with Gasteiger partial charge < -0.3 is 9.64 Å². The molecule has 0 fully saturated rings. The summed E-state index contributed by atoms with van der Waals surface area (Å²) in [6, 6.07) is 6.40. The van der Waals surface area contributed by atoms with Crippen LogP contribution in [0.4, 0.5) is 5.82 Å². The van der Waals surface area contributed by atoms with Crippen LogP contribution < -0.4 is 9.64 Å². The van der Waals surface area contributed by atoms with Gasteiger partial charge in [0.05, 0.1) is 12.2 Å². The third-order valence-electron chi connectivity index (χ3n) is 3.77. The van der Waals surface area contributed by atoms with Crippen molar-refractivity contribution in [1.29, 1.82) is 0 Å². The molecule has 0 aliphatic carbocycles. The molecule has 0 N–H and O–H groups in total. The number of rotatable bonds is 7. The smallest absolute Gasteiger partial charge is 0.150 e. The van der Waals surface area contributed by atoms with Gasteiger partial charge in [-0.25, -0.2) is 9.97 Å². The highest BCUT2D eigenvalue weighted by molar-refractivity contribution is 6.33. The Hall–Kier alpha value is -1.81. The molecule has 0 atom stereocenters. The van der Waals surface area contributed by atoms with E-state index in [0.717, 1.165) is 30.1 Å². The molecule has 23 heavy (non-hydrogen) atoms. The predicted octanol–water partition coefficient (Wildman–Crippen LogP) is 4.21. The minimum atomic E-state index is 0.573. The van der Waals surface area contributed by atoms with Gasteiger partial charge in [-0.05, 0) is 37.5 Å². The molecule has 2 aromatic rings. The van der Waals surface area contributed by atoms with E-state index in [0.29, 0.717) is 18.2 Å². The van der Waals surface area contributed by atoms with Crippen LogP contribution in [0.25, 0.3) is 0 Å². The van der Waals surface area contributed by atoms with E-state index in [1.807, 2.05) is 18.9 Å². The minimum absolute atomic E-state index is 0.573. The number of aryl methyl sites for hydroxylation is 3. The lowest BCUT2D eigenvalue weighted by Crippen LogP contribution is -2.25. The van der Waals surface area contributed by atoms with Crippen LogP contribution in [0.3, 0.4) is 0 Å². The second kappa shape index (κ2) is 8.16. The van der Waals surface area contributed by atoms with Gasteiger partial charge in [0, 0.05) is 7.05 Å². The molecule has 5 heteroatoms.